The monoisotopic (exact) mass is 380 g/mol. The van der Waals surface area contributed by atoms with Crippen LogP contribution in [0.4, 0.5) is 4.39 Å². The van der Waals surface area contributed by atoms with E-state index < -0.39 is 0 Å². The van der Waals surface area contributed by atoms with E-state index >= 15 is 0 Å². The highest BCUT2D eigenvalue weighted by Gasteiger charge is 2.29. The average molecular weight is 380 g/mol. The van der Waals surface area contributed by atoms with Gasteiger partial charge in [0.2, 0.25) is 5.91 Å². The summed E-state index contributed by atoms with van der Waals surface area (Å²) in [5, 5.41) is 12.1. The highest BCUT2D eigenvalue weighted by atomic mass is 19.1. The van der Waals surface area contributed by atoms with Crippen molar-refractivity contribution in [1.82, 2.24) is 15.1 Å². The molecule has 1 heterocycles. The second kappa shape index (κ2) is 9.45. The molecular weight excluding hydrogens is 355 g/mol. The zero-order valence-corrected chi connectivity index (χ0v) is 16.1. The molecule has 1 aliphatic heterocycles. The van der Waals surface area contributed by atoms with E-state index in [0.29, 0.717) is 18.5 Å². The third-order valence-electron chi connectivity index (χ3n) is 5.13. The normalized spacial score (nSPS) is 16.3. The summed E-state index contributed by atoms with van der Waals surface area (Å²) in [6, 6.07) is 15.3. The number of likely N-dealkylation sites (N-methyl/N-ethyl adjacent to an activating group) is 1. The molecule has 2 aromatic rings. The molecule has 0 radical (unpaired) electrons. The van der Waals surface area contributed by atoms with E-state index in [1.54, 1.807) is 24.3 Å². The van der Waals surface area contributed by atoms with Gasteiger partial charge in [0.1, 0.15) is 11.9 Å². The van der Waals surface area contributed by atoms with Crippen molar-refractivity contribution in [2.24, 2.45) is 0 Å². The number of halogens is 1. The van der Waals surface area contributed by atoms with E-state index in [4.69, 9.17) is 5.26 Å². The number of nitrogens with zero attached hydrogens (tertiary/aromatic N) is 3. The molecule has 1 fully saturated rings. The van der Waals surface area contributed by atoms with Crippen molar-refractivity contribution in [3.63, 3.8) is 0 Å². The third-order valence-corrected chi connectivity index (χ3v) is 5.13. The first kappa shape index (κ1) is 20.0. The number of benzene rings is 2. The molecule has 0 bridgehead atoms. The van der Waals surface area contributed by atoms with Gasteiger partial charge in [-0.05, 0) is 48.9 Å². The van der Waals surface area contributed by atoms with Gasteiger partial charge in [0.05, 0.1) is 11.6 Å². The third kappa shape index (κ3) is 5.16. The molecule has 0 saturated carbocycles. The Morgan fingerprint density at radius 3 is 2.36 bits per heavy atom. The lowest BCUT2D eigenvalue weighted by atomic mass is 10.0. The highest BCUT2D eigenvalue weighted by Crippen LogP contribution is 2.23. The molecule has 1 amide bonds. The Bertz CT molecular complexity index is 821. The maximum absolute atomic E-state index is 13.0. The number of carbonyl (C=O) groups excluding carboxylic acids is 1. The topological polar surface area (TPSA) is 59.4 Å². The molecule has 1 unspecified atom stereocenters. The first-order valence-electron chi connectivity index (χ1n) is 9.51. The lowest BCUT2D eigenvalue weighted by Crippen LogP contribution is -2.50. The number of nitriles is 1. The maximum atomic E-state index is 13.0. The van der Waals surface area contributed by atoms with E-state index in [9.17, 15) is 9.18 Å². The van der Waals surface area contributed by atoms with Crippen LogP contribution >= 0.6 is 0 Å². The standard InChI is InChI=1S/C22H25FN4O/c1-26-12-14-27(15-13-26)21(19-6-2-18(16-24)3-7-19)22(28)25-11-10-17-4-8-20(23)9-5-17/h2-9,21H,10-15H2,1H3,(H,25,28). The fourth-order valence-corrected chi connectivity index (χ4v) is 3.43. The van der Waals surface area contributed by atoms with Crippen LogP contribution < -0.4 is 5.32 Å². The number of hydrogen-bond donors (Lipinski definition) is 1. The molecule has 0 spiro atoms. The molecule has 5 nitrogen and oxygen atoms in total. The van der Waals surface area contributed by atoms with Gasteiger partial charge in [0, 0.05) is 32.7 Å². The average Bonchev–Trinajstić information content (AvgIpc) is 2.72. The minimum Gasteiger partial charge on any atom is -0.354 e. The Labute approximate surface area is 165 Å². The zero-order chi connectivity index (χ0) is 19.9. The number of hydrogen-bond acceptors (Lipinski definition) is 4. The number of amides is 1. The van der Waals surface area contributed by atoms with Crippen LogP contribution in [0.15, 0.2) is 48.5 Å². The quantitative estimate of drug-likeness (QED) is 0.836. The Morgan fingerprint density at radius 1 is 1.11 bits per heavy atom. The molecule has 6 heteroatoms. The van der Waals surface area contributed by atoms with Crippen LogP contribution in [0.1, 0.15) is 22.7 Å². The lowest BCUT2D eigenvalue weighted by molar-refractivity contribution is -0.127. The minimum absolute atomic E-state index is 0.0450. The van der Waals surface area contributed by atoms with Crippen LogP contribution in [0, 0.1) is 17.1 Å². The molecule has 0 aliphatic carbocycles. The molecule has 1 N–H and O–H groups in total. The van der Waals surface area contributed by atoms with Gasteiger partial charge in [-0.2, -0.15) is 5.26 Å². The van der Waals surface area contributed by atoms with E-state index in [1.807, 2.05) is 12.1 Å². The molecule has 1 saturated heterocycles. The van der Waals surface area contributed by atoms with Gasteiger partial charge < -0.3 is 10.2 Å². The second-order valence-electron chi connectivity index (χ2n) is 7.14. The lowest BCUT2D eigenvalue weighted by Gasteiger charge is -2.37. The van der Waals surface area contributed by atoms with Gasteiger partial charge in [-0.3, -0.25) is 9.69 Å². The van der Waals surface area contributed by atoms with Gasteiger partial charge in [-0.1, -0.05) is 24.3 Å². The Hall–Kier alpha value is -2.75. The smallest absolute Gasteiger partial charge is 0.241 e. The Morgan fingerprint density at radius 2 is 1.75 bits per heavy atom. The van der Waals surface area contributed by atoms with Crippen LogP contribution in [0.3, 0.4) is 0 Å². The summed E-state index contributed by atoms with van der Waals surface area (Å²) in [5.41, 5.74) is 2.46. The van der Waals surface area contributed by atoms with Crippen molar-refractivity contribution in [3.05, 3.63) is 71.0 Å². The number of carbonyl (C=O) groups is 1. The highest BCUT2D eigenvalue weighted by molar-refractivity contribution is 5.83. The van der Waals surface area contributed by atoms with Crippen molar-refractivity contribution in [2.45, 2.75) is 12.5 Å². The summed E-state index contributed by atoms with van der Waals surface area (Å²) in [6.07, 6.45) is 0.648. The number of piperazine rings is 1. The van der Waals surface area contributed by atoms with E-state index in [-0.39, 0.29) is 17.8 Å². The predicted octanol–water partition coefficient (Wildman–Crippen LogP) is 2.34. The van der Waals surface area contributed by atoms with Crippen LogP contribution in [-0.2, 0) is 11.2 Å². The van der Waals surface area contributed by atoms with Gasteiger partial charge in [0.25, 0.3) is 0 Å². The largest absolute Gasteiger partial charge is 0.354 e. The van der Waals surface area contributed by atoms with E-state index in [1.165, 1.54) is 12.1 Å². The molecule has 3 rings (SSSR count). The summed E-state index contributed by atoms with van der Waals surface area (Å²) in [4.78, 5) is 17.5. The zero-order valence-electron chi connectivity index (χ0n) is 16.1. The summed E-state index contributed by atoms with van der Waals surface area (Å²) >= 11 is 0. The van der Waals surface area contributed by atoms with Gasteiger partial charge in [0.15, 0.2) is 0 Å². The maximum Gasteiger partial charge on any atom is 0.241 e. The minimum atomic E-state index is -0.380. The summed E-state index contributed by atoms with van der Waals surface area (Å²) < 4.78 is 13.0. The van der Waals surface area contributed by atoms with Crippen LogP contribution in [0.2, 0.25) is 0 Å². The first-order valence-corrected chi connectivity index (χ1v) is 9.51. The Balaban J connectivity index is 1.68. The van der Waals surface area contributed by atoms with Crippen LogP contribution in [0.5, 0.6) is 0 Å². The van der Waals surface area contributed by atoms with E-state index in [2.05, 4.69) is 28.2 Å². The summed E-state index contributed by atoms with van der Waals surface area (Å²) in [5.74, 6) is -0.305. The van der Waals surface area contributed by atoms with Crippen molar-refractivity contribution in [3.8, 4) is 6.07 Å². The molecule has 28 heavy (non-hydrogen) atoms. The van der Waals surface area contributed by atoms with Crippen LogP contribution in [-0.4, -0.2) is 55.5 Å². The van der Waals surface area contributed by atoms with Gasteiger partial charge in [-0.15, -0.1) is 0 Å². The van der Waals surface area contributed by atoms with Crippen molar-refractivity contribution in [1.29, 1.82) is 5.26 Å². The van der Waals surface area contributed by atoms with Crippen molar-refractivity contribution < 1.29 is 9.18 Å². The number of rotatable bonds is 6. The van der Waals surface area contributed by atoms with Crippen molar-refractivity contribution in [2.75, 3.05) is 39.8 Å². The summed E-state index contributed by atoms with van der Waals surface area (Å²) in [7, 11) is 2.08. The van der Waals surface area contributed by atoms with Crippen LogP contribution in [0.25, 0.3) is 0 Å². The van der Waals surface area contributed by atoms with E-state index in [0.717, 1.165) is 37.3 Å². The molecule has 0 aromatic heterocycles. The van der Waals surface area contributed by atoms with Crippen molar-refractivity contribution >= 4 is 5.91 Å². The molecule has 146 valence electrons. The summed E-state index contributed by atoms with van der Waals surface area (Å²) in [6.45, 7) is 3.94. The SMILES string of the molecule is CN1CCN(C(C(=O)NCCc2ccc(F)cc2)c2ccc(C#N)cc2)CC1. The second-order valence-corrected chi connectivity index (χ2v) is 7.14. The molecule has 1 aliphatic rings. The van der Waals surface area contributed by atoms with Gasteiger partial charge in [-0.25, -0.2) is 4.39 Å². The predicted molar refractivity (Wildman–Crippen MR) is 106 cm³/mol. The first-order chi connectivity index (χ1) is 13.6. The fraction of sp³-hybridized carbons (Fsp3) is 0.364. The Kier molecular flexibility index (Phi) is 6.75. The molecule has 1 atom stereocenters. The molecular formula is C22H25FN4O. The molecule has 2 aromatic carbocycles. The fourth-order valence-electron chi connectivity index (χ4n) is 3.43. The number of nitrogens with one attached hydrogen (secondary N) is 1. The van der Waals surface area contributed by atoms with Gasteiger partial charge >= 0.3 is 0 Å².